The van der Waals surface area contributed by atoms with Gasteiger partial charge in [0.25, 0.3) is 5.91 Å². The van der Waals surface area contributed by atoms with E-state index in [1.165, 1.54) is 71.1 Å². The molecule has 2 aliphatic carbocycles. The van der Waals surface area contributed by atoms with E-state index in [4.69, 9.17) is 24.0 Å². The van der Waals surface area contributed by atoms with Gasteiger partial charge in [0.2, 0.25) is 6.79 Å². The number of piperazine rings is 2. The third-order valence-corrected chi connectivity index (χ3v) is 14.8. The van der Waals surface area contributed by atoms with Crippen LogP contribution in [0.1, 0.15) is 48.9 Å². The molecular weight excluding hydrogens is 753 g/mol. The maximum absolute atomic E-state index is 12.7. The van der Waals surface area contributed by atoms with Gasteiger partial charge in [-0.25, -0.2) is 0 Å². The molecule has 4 atom stereocenters. The van der Waals surface area contributed by atoms with E-state index in [1.807, 2.05) is 6.07 Å². The summed E-state index contributed by atoms with van der Waals surface area (Å²) in [6.07, 6.45) is 7.78. The van der Waals surface area contributed by atoms with Crippen LogP contribution in [0.25, 0.3) is 20.2 Å². The Morgan fingerprint density at radius 2 is 1.19 bits per heavy atom. The summed E-state index contributed by atoms with van der Waals surface area (Å²) >= 11 is 3.21. The minimum absolute atomic E-state index is 0.0342. The van der Waals surface area contributed by atoms with Crippen LogP contribution in [0.4, 0.5) is 11.6 Å². The van der Waals surface area contributed by atoms with Crippen LogP contribution >= 0.6 is 23.1 Å². The normalized spacial score (nSPS) is 23.9. The first-order valence-electron chi connectivity index (χ1n) is 21.1. The third-order valence-electron chi connectivity index (χ3n) is 13.1. The van der Waals surface area contributed by atoms with Crippen molar-refractivity contribution >= 4 is 60.8 Å². The minimum Gasteiger partial charge on any atom is -0.454 e. The van der Waals surface area contributed by atoms with Crippen molar-refractivity contribution in [1.82, 2.24) is 23.9 Å². The van der Waals surface area contributed by atoms with Crippen molar-refractivity contribution in [1.29, 1.82) is 0 Å². The Morgan fingerprint density at radius 1 is 0.667 bits per heavy atom. The highest BCUT2D eigenvalue weighted by atomic mass is 32.1. The van der Waals surface area contributed by atoms with E-state index in [9.17, 15) is 4.79 Å². The smallest absolute Gasteiger partial charge is 0.251 e. The van der Waals surface area contributed by atoms with Crippen molar-refractivity contribution < 1.29 is 14.3 Å². The Bertz CT molecular complexity index is 2110. The van der Waals surface area contributed by atoms with Crippen LogP contribution in [-0.2, 0) is 0 Å². The Hall–Kier alpha value is -4.01. The summed E-state index contributed by atoms with van der Waals surface area (Å²) in [6.45, 7) is 12.9. The van der Waals surface area contributed by atoms with Crippen molar-refractivity contribution in [3.8, 4) is 11.5 Å². The number of amides is 1. The molecule has 4 fully saturated rings. The maximum Gasteiger partial charge on any atom is 0.251 e. The number of rotatable bonds is 10. The van der Waals surface area contributed by atoms with Gasteiger partial charge in [-0.1, -0.05) is 37.1 Å². The third kappa shape index (κ3) is 8.73. The van der Waals surface area contributed by atoms with Gasteiger partial charge in [-0.2, -0.15) is 8.75 Å². The lowest BCUT2D eigenvalue weighted by Crippen LogP contribution is -2.48. The number of nitrogens with zero attached hydrogens (tertiary/aromatic N) is 6. The molecule has 57 heavy (non-hydrogen) atoms. The van der Waals surface area contributed by atoms with Crippen molar-refractivity contribution in [3.63, 3.8) is 0 Å². The van der Waals surface area contributed by atoms with E-state index < -0.39 is 0 Å². The number of hydrogen-bond donors (Lipinski definition) is 2. The number of ether oxygens (including phenoxy) is 2. The molecule has 0 radical (unpaired) electrons. The Balaban J connectivity index is 0.000000160. The average Bonchev–Trinajstić information content (AvgIpc) is 4.12. The van der Waals surface area contributed by atoms with Crippen LogP contribution in [0, 0.1) is 23.7 Å². The summed E-state index contributed by atoms with van der Waals surface area (Å²) in [5, 5.41) is 5.76. The van der Waals surface area contributed by atoms with Crippen molar-refractivity contribution in [3.05, 3.63) is 72.3 Å². The summed E-state index contributed by atoms with van der Waals surface area (Å²) in [5.41, 5.74) is 6.56. The molecule has 3 aliphatic heterocycles. The largest absolute Gasteiger partial charge is 0.454 e. The van der Waals surface area contributed by atoms with Crippen LogP contribution in [-0.4, -0.2) is 110 Å². The number of anilines is 2. The molecule has 11 nitrogen and oxygen atoms in total. The lowest BCUT2D eigenvalue weighted by molar-refractivity contribution is 0.0939. The monoisotopic (exact) mass is 808 g/mol. The lowest BCUT2D eigenvalue weighted by atomic mass is 9.95. The molecule has 3 N–H and O–H groups in total. The Kier molecular flexibility index (Phi) is 12.1. The highest BCUT2D eigenvalue weighted by molar-refractivity contribution is 7.14. The first-order chi connectivity index (χ1) is 28.1. The second-order valence-corrected chi connectivity index (χ2v) is 18.1. The van der Waals surface area contributed by atoms with E-state index in [2.05, 4.69) is 73.4 Å². The predicted molar refractivity (Wildman–Crippen MR) is 232 cm³/mol. The van der Waals surface area contributed by atoms with Gasteiger partial charge in [-0.15, -0.1) is 0 Å². The molecular formula is C44H56N8O3S2. The molecule has 5 heterocycles. The number of aromatic nitrogens is 2. The summed E-state index contributed by atoms with van der Waals surface area (Å²) in [6, 6.07) is 22.5. The minimum atomic E-state index is -0.0342. The summed E-state index contributed by atoms with van der Waals surface area (Å²) in [7, 11) is 0. The fraction of sp³-hybridized carbons (Fsp3) is 0.523. The number of carbonyl (C=O) groups excluding carboxylic acids is 1. The first kappa shape index (κ1) is 38.5. The van der Waals surface area contributed by atoms with Crippen LogP contribution < -0.4 is 30.3 Å². The van der Waals surface area contributed by atoms with Gasteiger partial charge in [0, 0.05) is 88.3 Å². The second kappa shape index (κ2) is 17.9. The second-order valence-electron chi connectivity index (χ2n) is 16.5. The molecule has 0 bridgehead atoms. The van der Waals surface area contributed by atoms with Crippen molar-refractivity contribution in [2.45, 2.75) is 38.5 Å². The Morgan fingerprint density at radius 3 is 1.79 bits per heavy atom. The van der Waals surface area contributed by atoms with Gasteiger partial charge in [0.05, 0.1) is 9.40 Å². The average molecular weight is 809 g/mol. The SMILES string of the molecule is NC[C@H]1CCC[C@@H]1CN1CCN(c2nsc3ccccc23)CC1.O=C(NC[C@H]1CCC[C@@H]1CN1CCN(c2nsc3ccccc23)CC1)c1ccc2c(c1)OCO2. The molecule has 2 aromatic heterocycles. The standard InChI is InChI=1S/C26H30N4O3S.C18H26N4S/c31-26(18-8-9-22-23(14-18)33-17-32-22)27-15-19-4-3-5-20(19)16-29-10-12-30(13-11-29)25-21-6-1-2-7-24(21)34-28-25;19-12-14-4-3-5-15(14)13-21-8-10-22(11-9-21)18-16-6-1-2-7-17(16)23-20-18/h1-2,6-9,14,19-20H,3-5,10-13,15-17H2,(H,27,31);1-2,6-7,14-15H,3-5,8-13,19H2/t19-,20-;14-,15-/m11/s1. The van der Waals surface area contributed by atoms with Gasteiger partial charge in [-0.3, -0.25) is 14.6 Å². The van der Waals surface area contributed by atoms with E-state index in [0.29, 0.717) is 28.9 Å². The molecule has 2 saturated heterocycles. The van der Waals surface area contributed by atoms with E-state index >= 15 is 0 Å². The molecule has 5 aliphatic rings. The molecule has 0 spiro atoms. The van der Waals surface area contributed by atoms with Gasteiger partial charge in [-0.05, 0) is 121 Å². The quantitative estimate of drug-likeness (QED) is 0.157. The molecule has 13 heteroatoms. The zero-order valence-corrected chi connectivity index (χ0v) is 34.5. The number of benzene rings is 3. The maximum atomic E-state index is 12.7. The topological polar surface area (TPSA) is 112 Å². The molecule has 0 unspecified atom stereocenters. The van der Waals surface area contributed by atoms with Crippen molar-refractivity contribution in [2.75, 3.05) is 95.1 Å². The van der Waals surface area contributed by atoms with Gasteiger partial charge < -0.3 is 30.3 Å². The lowest BCUT2D eigenvalue weighted by Gasteiger charge is -2.37. The zero-order valence-electron chi connectivity index (χ0n) is 32.9. The summed E-state index contributed by atoms with van der Waals surface area (Å²) in [4.78, 5) is 22.9. The van der Waals surface area contributed by atoms with Crippen LogP contribution in [0.2, 0.25) is 0 Å². The van der Waals surface area contributed by atoms with E-state index in [-0.39, 0.29) is 12.7 Å². The van der Waals surface area contributed by atoms with Crippen LogP contribution in [0.3, 0.4) is 0 Å². The van der Waals surface area contributed by atoms with Crippen molar-refractivity contribution in [2.24, 2.45) is 29.4 Å². The van der Waals surface area contributed by atoms with E-state index in [0.717, 1.165) is 89.6 Å². The van der Waals surface area contributed by atoms with Crippen LogP contribution in [0.5, 0.6) is 11.5 Å². The molecule has 2 saturated carbocycles. The Labute approximate surface area is 344 Å². The fourth-order valence-electron chi connectivity index (χ4n) is 9.80. The summed E-state index contributed by atoms with van der Waals surface area (Å²) < 4.78 is 22.7. The number of fused-ring (bicyclic) bond motifs is 3. The predicted octanol–water partition coefficient (Wildman–Crippen LogP) is 6.79. The zero-order chi connectivity index (χ0) is 38.6. The number of nitrogens with one attached hydrogen (secondary N) is 1. The molecule has 10 rings (SSSR count). The molecule has 3 aromatic carbocycles. The number of hydrogen-bond acceptors (Lipinski definition) is 12. The molecule has 5 aromatic rings. The first-order valence-corrected chi connectivity index (χ1v) is 22.7. The van der Waals surface area contributed by atoms with E-state index in [1.54, 1.807) is 35.2 Å². The highest BCUT2D eigenvalue weighted by Gasteiger charge is 2.32. The van der Waals surface area contributed by atoms with Crippen LogP contribution in [0.15, 0.2) is 66.7 Å². The molecule has 302 valence electrons. The number of carbonyl (C=O) groups is 1. The fourth-order valence-corrected chi connectivity index (χ4v) is 11.4. The van der Waals surface area contributed by atoms with Gasteiger partial charge in [0.15, 0.2) is 11.5 Å². The van der Waals surface area contributed by atoms with Gasteiger partial charge in [0.1, 0.15) is 11.6 Å². The number of nitrogens with two attached hydrogens (primary N) is 1. The molecule has 1 amide bonds. The van der Waals surface area contributed by atoms with Gasteiger partial charge >= 0.3 is 0 Å². The summed E-state index contributed by atoms with van der Waals surface area (Å²) in [5.74, 6) is 6.42. The highest BCUT2D eigenvalue weighted by Crippen LogP contribution is 2.36.